The van der Waals surface area contributed by atoms with E-state index >= 15 is 0 Å². The molecule has 0 bridgehead atoms. The number of anilines is 1. The van der Waals surface area contributed by atoms with Crippen molar-refractivity contribution in [1.82, 2.24) is 0 Å². The average Bonchev–Trinajstić information content (AvgIpc) is 2.45. The Bertz CT molecular complexity index is 511. The molecule has 0 atom stereocenters. The summed E-state index contributed by atoms with van der Waals surface area (Å²) in [5.74, 6) is -0.254. The van der Waals surface area contributed by atoms with Crippen LogP contribution in [0, 0.1) is 16.0 Å². The molecule has 0 aliphatic carbocycles. The molecule has 7 nitrogen and oxygen atoms in total. The number of carbonyl (C=O) groups excluding carboxylic acids is 1. The first-order valence-corrected chi connectivity index (χ1v) is 6.36. The third-order valence-electron chi connectivity index (χ3n) is 3.26. The number of non-ortho nitro benzene ring substituents is 1. The topological polar surface area (TPSA) is 105 Å². The molecule has 1 heterocycles. The van der Waals surface area contributed by atoms with Gasteiger partial charge < -0.3 is 15.2 Å². The summed E-state index contributed by atoms with van der Waals surface area (Å²) in [5, 5.41) is 10.6. The van der Waals surface area contributed by atoms with E-state index in [1.807, 2.05) is 0 Å². The Kier molecular flexibility index (Phi) is 4.52. The summed E-state index contributed by atoms with van der Waals surface area (Å²) in [7, 11) is 0. The lowest BCUT2D eigenvalue weighted by molar-refractivity contribution is -0.384. The third-order valence-corrected chi connectivity index (χ3v) is 3.26. The summed E-state index contributed by atoms with van der Waals surface area (Å²) in [6.07, 6.45) is 1.73. The summed E-state index contributed by atoms with van der Waals surface area (Å²) in [6, 6.07) is 3.71. The second kappa shape index (κ2) is 6.33. The average molecular weight is 280 g/mol. The van der Waals surface area contributed by atoms with E-state index in [-0.39, 0.29) is 16.9 Å². The number of ether oxygens (including phenoxy) is 2. The van der Waals surface area contributed by atoms with Gasteiger partial charge in [-0.05, 0) is 24.8 Å². The van der Waals surface area contributed by atoms with Crippen LogP contribution in [0.4, 0.5) is 11.4 Å². The van der Waals surface area contributed by atoms with Crippen LogP contribution in [0.1, 0.15) is 23.2 Å². The molecule has 2 N–H and O–H groups in total. The van der Waals surface area contributed by atoms with E-state index in [1.54, 1.807) is 0 Å². The fourth-order valence-electron chi connectivity index (χ4n) is 2.03. The van der Waals surface area contributed by atoms with Crippen molar-refractivity contribution in [3.63, 3.8) is 0 Å². The normalized spacial score (nSPS) is 15.8. The smallest absolute Gasteiger partial charge is 0.340 e. The Balaban J connectivity index is 1.96. The maximum absolute atomic E-state index is 11.9. The van der Waals surface area contributed by atoms with E-state index in [9.17, 15) is 14.9 Å². The van der Waals surface area contributed by atoms with Crippen LogP contribution in [-0.2, 0) is 9.47 Å². The molecular weight excluding hydrogens is 264 g/mol. The minimum Gasteiger partial charge on any atom is -0.462 e. The molecule has 1 aromatic carbocycles. The Morgan fingerprint density at radius 3 is 2.75 bits per heavy atom. The number of nitro benzene ring substituents is 1. The van der Waals surface area contributed by atoms with Gasteiger partial charge in [-0.25, -0.2) is 4.79 Å². The van der Waals surface area contributed by atoms with Gasteiger partial charge in [-0.3, -0.25) is 10.1 Å². The van der Waals surface area contributed by atoms with E-state index < -0.39 is 10.9 Å². The molecule has 0 spiro atoms. The van der Waals surface area contributed by atoms with Crippen molar-refractivity contribution >= 4 is 17.3 Å². The number of esters is 1. The zero-order valence-corrected chi connectivity index (χ0v) is 10.9. The molecule has 0 saturated carbocycles. The van der Waals surface area contributed by atoms with Gasteiger partial charge in [0.2, 0.25) is 0 Å². The summed E-state index contributed by atoms with van der Waals surface area (Å²) < 4.78 is 10.4. The molecule has 0 unspecified atom stereocenters. The fraction of sp³-hybridized carbons (Fsp3) is 0.462. The Morgan fingerprint density at radius 2 is 2.15 bits per heavy atom. The highest BCUT2D eigenvalue weighted by Crippen LogP contribution is 2.21. The van der Waals surface area contributed by atoms with Gasteiger partial charge >= 0.3 is 5.97 Å². The molecule has 0 amide bonds. The van der Waals surface area contributed by atoms with Gasteiger partial charge in [-0.2, -0.15) is 0 Å². The molecular formula is C13H16N2O5. The van der Waals surface area contributed by atoms with E-state index in [4.69, 9.17) is 15.2 Å². The van der Waals surface area contributed by atoms with Crippen molar-refractivity contribution in [1.29, 1.82) is 0 Å². The highest BCUT2D eigenvalue weighted by molar-refractivity contribution is 5.95. The molecule has 7 heteroatoms. The minimum absolute atomic E-state index is 0.0520. The van der Waals surface area contributed by atoms with E-state index in [0.29, 0.717) is 25.7 Å². The maximum atomic E-state index is 11.9. The van der Waals surface area contributed by atoms with E-state index in [0.717, 1.165) is 18.9 Å². The van der Waals surface area contributed by atoms with Crippen molar-refractivity contribution in [3.8, 4) is 0 Å². The van der Waals surface area contributed by atoms with E-state index in [1.165, 1.54) is 12.1 Å². The van der Waals surface area contributed by atoms with Crippen molar-refractivity contribution in [2.45, 2.75) is 12.8 Å². The molecule has 2 rings (SSSR count). The van der Waals surface area contributed by atoms with Crippen LogP contribution >= 0.6 is 0 Å². The molecule has 1 aromatic rings. The SMILES string of the molecule is Nc1cc([N+](=O)[O-])ccc1C(=O)OCC1CCOCC1. The molecule has 1 saturated heterocycles. The predicted molar refractivity (Wildman–Crippen MR) is 71.3 cm³/mol. The summed E-state index contributed by atoms with van der Waals surface area (Å²) >= 11 is 0. The molecule has 1 aliphatic heterocycles. The van der Waals surface area contributed by atoms with Crippen LogP contribution in [-0.4, -0.2) is 30.7 Å². The number of carbonyl (C=O) groups is 1. The number of rotatable bonds is 4. The second-order valence-electron chi connectivity index (χ2n) is 4.68. The number of hydrogen-bond acceptors (Lipinski definition) is 6. The van der Waals surface area contributed by atoms with E-state index in [2.05, 4.69) is 0 Å². The van der Waals surface area contributed by atoms with Gasteiger partial charge in [0.15, 0.2) is 0 Å². The Labute approximate surface area is 115 Å². The monoisotopic (exact) mass is 280 g/mol. The van der Waals surface area contributed by atoms with Crippen LogP contribution < -0.4 is 5.73 Å². The Hall–Kier alpha value is -2.15. The molecule has 0 aromatic heterocycles. The van der Waals surface area contributed by atoms with Gasteiger partial charge in [0.05, 0.1) is 22.8 Å². The first-order valence-electron chi connectivity index (χ1n) is 6.36. The van der Waals surface area contributed by atoms with Gasteiger partial charge in [-0.1, -0.05) is 0 Å². The first kappa shape index (κ1) is 14.3. The molecule has 1 aliphatic rings. The van der Waals surface area contributed by atoms with Crippen LogP contribution in [0.2, 0.25) is 0 Å². The number of nitrogens with zero attached hydrogens (tertiary/aromatic N) is 1. The third kappa shape index (κ3) is 3.45. The first-order chi connectivity index (χ1) is 9.58. The number of nitrogen functional groups attached to an aromatic ring is 1. The van der Waals surface area contributed by atoms with Crippen LogP contribution in [0.3, 0.4) is 0 Å². The van der Waals surface area contributed by atoms with Crippen molar-refractivity contribution in [3.05, 3.63) is 33.9 Å². The summed E-state index contributed by atoms with van der Waals surface area (Å²) in [6.45, 7) is 1.68. The summed E-state index contributed by atoms with van der Waals surface area (Å²) in [5.41, 5.74) is 5.70. The number of benzene rings is 1. The molecule has 108 valence electrons. The zero-order chi connectivity index (χ0) is 14.5. The lowest BCUT2D eigenvalue weighted by Gasteiger charge is -2.21. The fourth-order valence-corrected chi connectivity index (χ4v) is 2.03. The maximum Gasteiger partial charge on any atom is 0.340 e. The van der Waals surface area contributed by atoms with Crippen LogP contribution in [0.15, 0.2) is 18.2 Å². The largest absolute Gasteiger partial charge is 0.462 e. The van der Waals surface area contributed by atoms with Crippen molar-refractivity contribution < 1.29 is 19.2 Å². The van der Waals surface area contributed by atoms with Gasteiger partial charge in [0.25, 0.3) is 5.69 Å². The lowest BCUT2D eigenvalue weighted by Crippen LogP contribution is -2.22. The van der Waals surface area contributed by atoms with Gasteiger partial charge in [-0.15, -0.1) is 0 Å². The van der Waals surface area contributed by atoms with Crippen molar-refractivity contribution in [2.75, 3.05) is 25.6 Å². The summed E-state index contributed by atoms with van der Waals surface area (Å²) in [4.78, 5) is 21.9. The predicted octanol–water partition coefficient (Wildman–Crippen LogP) is 1.76. The molecule has 20 heavy (non-hydrogen) atoms. The quantitative estimate of drug-likeness (QED) is 0.390. The minimum atomic E-state index is -0.562. The van der Waals surface area contributed by atoms with Gasteiger partial charge in [0.1, 0.15) is 0 Å². The Morgan fingerprint density at radius 1 is 1.45 bits per heavy atom. The number of nitrogens with two attached hydrogens (primary N) is 1. The second-order valence-corrected chi connectivity index (χ2v) is 4.68. The molecule has 1 fully saturated rings. The highest BCUT2D eigenvalue weighted by atomic mass is 16.6. The lowest BCUT2D eigenvalue weighted by atomic mass is 10.0. The van der Waals surface area contributed by atoms with Crippen LogP contribution in [0.25, 0.3) is 0 Å². The number of nitro groups is 1. The standard InChI is InChI=1S/C13H16N2O5/c14-12-7-10(15(17)18)1-2-11(12)13(16)20-8-9-3-5-19-6-4-9/h1-2,7,9H,3-6,8,14H2. The van der Waals surface area contributed by atoms with Crippen molar-refractivity contribution in [2.24, 2.45) is 5.92 Å². The van der Waals surface area contributed by atoms with Crippen LogP contribution in [0.5, 0.6) is 0 Å². The highest BCUT2D eigenvalue weighted by Gasteiger charge is 2.19. The molecule has 0 radical (unpaired) electrons. The number of hydrogen-bond donors (Lipinski definition) is 1. The zero-order valence-electron chi connectivity index (χ0n) is 10.9. The van der Waals surface area contributed by atoms with Gasteiger partial charge in [0, 0.05) is 25.3 Å².